The third kappa shape index (κ3) is 2.91. The first-order valence-corrected chi connectivity index (χ1v) is 6.39. The van der Waals surface area contributed by atoms with Crippen LogP contribution in [-0.2, 0) is 0 Å². The molecule has 1 unspecified atom stereocenters. The highest BCUT2D eigenvalue weighted by molar-refractivity contribution is 5.49. The first-order valence-electron chi connectivity index (χ1n) is 6.39. The van der Waals surface area contributed by atoms with Crippen LogP contribution in [0.25, 0.3) is 0 Å². The fourth-order valence-corrected chi connectivity index (χ4v) is 2.06. The van der Waals surface area contributed by atoms with E-state index in [0.717, 1.165) is 16.8 Å². The Hall–Kier alpha value is -2.07. The van der Waals surface area contributed by atoms with Crippen LogP contribution < -0.4 is 15.4 Å². The van der Waals surface area contributed by atoms with Crippen molar-refractivity contribution in [1.82, 2.24) is 0 Å². The van der Waals surface area contributed by atoms with Crippen molar-refractivity contribution >= 4 is 5.69 Å². The monoisotopic (exact) mass is 274 g/mol. The largest absolute Gasteiger partial charge is 0.494 e. The van der Waals surface area contributed by atoms with Crippen molar-refractivity contribution in [3.05, 3.63) is 59.4 Å². The van der Waals surface area contributed by atoms with Crippen LogP contribution in [0.1, 0.15) is 17.2 Å². The SMILES string of the molecule is COc1ccc(C(N)c2cccc(N(C)C)c2)cc1F. The molecule has 0 aliphatic heterocycles. The van der Waals surface area contributed by atoms with E-state index in [1.54, 1.807) is 12.1 Å². The quantitative estimate of drug-likeness (QED) is 0.931. The van der Waals surface area contributed by atoms with Crippen molar-refractivity contribution in [3.63, 3.8) is 0 Å². The van der Waals surface area contributed by atoms with Crippen molar-refractivity contribution < 1.29 is 9.13 Å². The van der Waals surface area contributed by atoms with Crippen molar-refractivity contribution in [2.45, 2.75) is 6.04 Å². The van der Waals surface area contributed by atoms with Crippen LogP contribution in [0.2, 0.25) is 0 Å². The van der Waals surface area contributed by atoms with Crippen LogP contribution in [-0.4, -0.2) is 21.2 Å². The molecular formula is C16H19FN2O. The Balaban J connectivity index is 2.33. The summed E-state index contributed by atoms with van der Waals surface area (Å²) in [6, 6.07) is 12.3. The van der Waals surface area contributed by atoms with Crippen LogP contribution in [0.3, 0.4) is 0 Å². The molecule has 1 atom stereocenters. The molecule has 0 aliphatic carbocycles. The van der Waals surface area contributed by atoms with Crippen LogP contribution in [0.15, 0.2) is 42.5 Å². The van der Waals surface area contributed by atoms with E-state index in [4.69, 9.17) is 10.5 Å². The third-order valence-electron chi connectivity index (χ3n) is 3.28. The lowest BCUT2D eigenvalue weighted by atomic mass is 9.99. The van der Waals surface area contributed by atoms with Gasteiger partial charge in [-0.2, -0.15) is 0 Å². The van der Waals surface area contributed by atoms with Gasteiger partial charge in [0.05, 0.1) is 13.2 Å². The van der Waals surface area contributed by atoms with E-state index in [0.29, 0.717) is 0 Å². The summed E-state index contributed by atoms with van der Waals surface area (Å²) in [5.74, 6) is -0.174. The molecule has 0 radical (unpaired) electrons. The number of hydrogen-bond acceptors (Lipinski definition) is 3. The van der Waals surface area contributed by atoms with Crippen molar-refractivity contribution in [2.24, 2.45) is 5.73 Å². The fourth-order valence-electron chi connectivity index (χ4n) is 2.06. The Labute approximate surface area is 118 Å². The molecule has 0 saturated carbocycles. The molecule has 106 valence electrons. The topological polar surface area (TPSA) is 38.5 Å². The Morgan fingerprint density at radius 2 is 1.80 bits per heavy atom. The minimum atomic E-state index is -0.399. The number of hydrogen-bond donors (Lipinski definition) is 1. The van der Waals surface area contributed by atoms with Gasteiger partial charge in [0, 0.05) is 19.8 Å². The summed E-state index contributed by atoms with van der Waals surface area (Å²) in [5.41, 5.74) is 8.95. The van der Waals surface area contributed by atoms with Gasteiger partial charge in [-0.1, -0.05) is 18.2 Å². The maximum Gasteiger partial charge on any atom is 0.165 e. The molecule has 20 heavy (non-hydrogen) atoms. The second-order valence-electron chi connectivity index (χ2n) is 4.86. The highest BCUT2D eigenvalue weighted by Gasteiger charge is 2.12. The number of rotatable bonds is 4. The molecule has 0 saturated heterocycles. The maximum absolute atomic E-state index is 13.7. The summed E-state index contributed by atoms with van der Waals surface area (Å²) < 4.78 is 18.7. The molecule has 2 N–H and O–H groups in total. The molecular weight excluding hydrogens is 255 g/mol. The highest BCUT2D eigenvalue weighted by atomic mass is 19.1. The van der Waals surface area contributed by atoms with E-state index in [2.05, 4.69) is 0 Å². The molecule has 0 spiro atoms. The fraction of sp³-hybridized carbons (Fsp3) is 0.250. The Kier molecular flexibility index (Phi) is 4.25. The van der Waals surface area contributed by atoms with Gasteiger partial charge in [0.1, 0.15) is 0 Å². The van der Waals surface area contributed by atoms with E-state index in [9.17, 15) is 4.39 Å². The zero-order valence-corrected chi connectivity index (χ0v) is 11.9. The minimum Gasteiger partial charge on any atom is -0.494 e. The smallest absolute Gasteiger partial charge is 0.165 e. The van der Waals surface area contributed by atoms with Crippen molar-refractivity contribution in [1.29, 1.82) is 0 Å². The average molecular weight is 274 g/mol. The van der Waals surface area contributed by atoms with Crippen molar-refractivity contribution in [2.75, 3.05) is 26.1 Å². The van der Waals surface area contributed by atoms with Gasteiger partial charge >= 0.3 is 0 Å². The number of nitrogens with zero attached hydrogens (tertiary/aromatic N) is 1. The molecule has 2 rings (SSSR count). The number of benzene rings is 2. The summed E-state index contributed by atoms with van der Waals surface area (Å²) in [4.78, 5) is 2.00. The molecule has 0 amide bonds. The van der Waals surface area contributed by atoms with Crippen molar-refractivity contribution in [3.8, 4) is 5.75 Å². The first-order chi connectivity index (χ1) is 9.52. The lowest BCUT2D eigenvalue weighted by Crippen LogP contribution is -2.14. The first kappa shape index (κ1) is 14.3. The summed E-state index contributed by atoms with van der Waals surface area (Å²) >= 11 is 0. The predicted molar refractivity (Wildman–Crippen MR) is 79.8 cm³/mol. The molecule has 2 aromatic rings. The molecule has 0 aliphatic rings. The molecule has 0 fully saturated rings. The van der Waals surface area contributed by atoms with Crippen LogP contribution in [0.4, 0.5) is 10.1 Å². The summed E-state index contributed by atoms with van der Waals surface area (Å²) in [6.45, 7) is 0. The van der Waals surface area contributed by atoms with Gasteiger partial charge in [0.15, 0.2) is 11.6 Å². The van der Waals surface area contributed by atoms with Gasteiger partial charge in [-0.25, -0.2) is 4.39 Å². The van der Waals surface area contributed by atoms with E-state index in [-0.39, 0.29) is 11.8 Å². The molecule has 3 nitrogen and oxygen atoms in total. The van der Waals surface area contributed by atoms with Gasteiger partial charge in [0.25, 0.3) is 0 Å². The number of nitrogens with two attached hydrogens (primary N) is 1. The second-order valence-corrected chi connectivity index (χ2v) is 4.86. The normalized spacial score (nSPS) is 12.1. The number of ether oxygens (including phenoxy) is 1. The highest BCUT2D eigenvalue weighted by Crippen LogP contribution is 2.26. The zero-order chi connectivity index (χ0) is 14.7. The van der Waals surface area contributed by atoms with Gasteiger partial charge in [-0.15, -0.1) is 0 Å². The summed E-state index contributed by atoms with van der Waals surface area (Å²) in [5, 5.41) is 0. The van der Waals surface area contributed by atoms with Gasteiger partial charge < -0.3 is 15.4 Å². The van der Waals surface area contributed by atoms with Gasteiger partial charge in [-0.05, 0) is 35.4 Å². The molecule has 4 heteroatoms. The maximum atomic E-state index is 13.7. The Morgan fingerprint density at radius 3 is 2.40 bits per heavy atom. The van der Waals surface area contributed by atoms with E-state index in [1.807, 2.05) is 43.3 Å². The van der Waals surface area contributed by atoms with Crippen LogP contribution >= 0.6 is 0 Å². The molecule has 0 bridgehead atoms. The standard InChI is InChI=1S/C16H19FN2O/c1-19(2)13-6-4-5-11(9-13)16(18)12-7-8-15(20-3)14(17)10-12/h4-10,16H,18H2,1-3H3. The van der Waals surface area contributed by atoms with E-state index in [1.165, 1.54) is 13.2 Å². The number of halogens is 1. The van der Waals surface area contributed by atoms with E-state index >= 15 is 0 Å². The van der Waals surface area contributed by atoms with E-state index < -0.39 is 5.82 Å². The summed E-state index contributed by atoms with van der Waals surface area (Å²) in [7, 11) is 5.38. The minimum absolute atomic E-state index is 0.225. The molecule has 0 heterocycles. The third-order valence-corrected chi connectivity index (χ3v) is 3.28. The number of methoxy groups -OCH3 is 1. The van der Waals surface area contributed by atoms with Gasteiger partial charge in [0.2, 0.25) is 0 Å². The molecule has 2 aromatic carbocycles. The average Bonchev–Trinajstić information content (AvgIpc) is 2.46. The van der Waals surface area contributed by atoms with Gasteiger partial charge in [-0.3, -0.25) is 0 Å². The van der Waals surface area contributed by atoms with Crippen LogP contribution in [0, 0.1) is 5.82 Å². The lowest BCUT2D eigenvalue weighted by molar-refractivity contribution is 0.386. The molecule has 0 aromatic heterocycles. The Morgan fingerprint density at radius 1 is 1.10 bits per heavy atom. The zero-order valence-electron chi connectivity index (χ0n) is 11.9. The lowest BCUT2D eigenvalue weighted by Gasteiger charge is -2.17. The predicted octanol–water partition coefficient (Wildman–Crippen LogP) is 2.95. The van der Waals surface area contributed by atoms with Crippen LogP contribution in [0.5, 0.6) is 5.75 Å². The second kappa shape index (κ2) is 5.92. The summed E-state index contributed by atoms with van der Waals surface area (Å²) in [6.07, 6.45) is 0. The number of anilines is 1. The Bertz CT molecular complexity index is 599.